The van der Waals surface area contributed by atoms with Gasteiger partial charge in [0.2, 0.25) is 5.88 Å². The fraction of sp³-hybridized carbons (Fsp3) is 0.0833. The van der Waals surface area contributed by atoms with E-state index in [-0.39, 0.29) is 0 Å². The molecule has 142 valence electrons. The highest BCUT2D eigenvalue weighted by Gasteiger charge is 2.21. The number of carbonyl (C=O) groups excluding carboxylic acids is 1. The molecule has 0 spiro atoms. The van der Waals surface area contributed by atoms with Crippen molar-refractivity contribution in [1.29, 1.82) is 5.26 Å². The number of nitriles is 1. The van der Waals surface area contributed by atoms with Crippen LogP contribution in [-0.2, 0) is 0 Å². The topological polar surface area (TPSA) is 75.9 Å². The monoisotopic (exact) mass is 381 g/mol. The first-order valence-corrected chi connectivity index (χ1v) is 8.96. The van der Waals surface area contributed by atoms with Gasteiger partial charge >= 0.3 is 0 Å². The van der Waals surface area contributed by atoms with Crippen LogP contribution in [0.3, 0.4) is 0 Å². The van der Waals surface area contributed by atoms with E-state index in [2.05, 4.69) is 17.6 Å². The average molecular weight is 381 g/mol. The number of aromatic nitrogens is 2. The zero-order valence-electron chi connectivity index (χ0n) is 16.2. The summed E-state index contributed by atoms with van der Waals surface area (Å²) in [5.41, 5.74) is 4.45. The van der Waals surface area contributed by atoms with Crippen LogP contribution in [0.25, 0.3) is 27.7 Å². The minimum atomic E-state index is 0.342. The number of aldehydes is 1. The number of benzene rings is 1. The molecule has 0 amide bonds. The Kier molecular flexibility index (Phi) is 5.96. The molecule has 0 saturated heterocycles. The van der Waals surface area contributed by atoms with Crippen molar-refractivity contribution < 1.29 is 9.53 Å². The van der Waals surface area contributed by atoms with Crippen molar-refractivity contribution in [3.63, 3.8) is 0 Å². The quantitative estimate of drug-likeness (QED) is 0.437. The molecule has 0 aliphatic heterocycles. The molecule has 2 heterocycles. The van der Waals surface area contributed by atoms with E-state index in [4.69, 9.17) is 9.72 Å². The van der Waals surface area contributed by atoms with Crippen molar-refractivity contribution in [1.82, 2.24) is 9.97 Å². The summed E-state index contributed by atoms with van der Waals surface area (Å²) >= 11 is 0. The smallest absolute Gasteiger partial charge is 0.224 e. The summed E-state index contributed by atoms with van der Waals surface area (Å²) in [4.78, 5) is 20.1. The Balaban J connectivity index is 2.50. The van der Waals surface area contributed by atoms with Crippen LogP contribution in [0.1, 0.15) is 28.4 Å². The largest absolute Gasteiger partial charge is 0.480 e. The molecule has 0 aliphatic carbocycles. The number of carbonyl (C=O) groups is 1. The van der Waals surface area contributed by atoms with Gasteiger partial charge in [-0.15, -0.1) is 0 Å². The summed E-state index contributed by atoms with van der Waals surface area (Å²) in [6.45, 7) is 5.70. The third-order valence-electron chi connectivity index (χ3n) is 4.42. The van der Waals surface area contributed by atoms with Gasteiger partial charge in [0.1, 0.15) is 12.4 Å². The number of fused-ring (bicyclic) bond motifs is 1. The Hall–Kier alpha value is -4.04. The van der Waals surface area contributed by atoms with Crippen LogP contribution in [0.5, 0.6) is 5.88 Å². The van der Waals surface area contributed by atoms with Crippen LogP contribution in [0.4, 0.5) is 0 Å². The second-order valence-corrected chi connectivity index (χ2v) is 6.13. The van der Waals surface area contributed by atoms with Crippen LogP contribution >= 0.6 is 0 Å². The standard InChI is InChI=1S/C24H19N3O2/c1-4-6-17(7-5-2)21-19(14-25)22-20(12-13-26-24(22)29-3)27-23(21)18-10-8-16(15-28)9-11-18/h4-13,15H,1H2,2-3H3/b7-5-,17-6+. The minimum absolute atomic E-state index is 0.342. The van der Waals surface area contributed by atoms with E-state index in [1.54, 1.807) is 30.5 Å². The van der Waals surface area contributed by atoms with Gasteiger partial charge in [0.25, 0.3) is 0 Å². The highest BCUT2D eigenvalue weighted by atomic mass is 16.5. The van der Waals surface area contributed by atoms with Gasteiger partial charge in [-0.05, 0) is 18.6 Å². The van der Waals surface area contributed by atoms with Crippen molar-refractivity contribution >= 4 is 22.8 Å². The lowest BCUT2D eigenvalue weighted by molar-refractivity contribution is 0.112. The van der Waals surface area contributed by atoms with E-state index >= 15 is 0 Å². The third-order valence-corrected chi connectivity index (χ3v) is 4.42. The number of allylic oxidation sites excluding steroid dienone is 5. The van der Waals surface area contributed by atoms with Crippen molar-refractivity contribution in [2.75, 3.05) is 7.11 Å². The second kappa shape index (κ2) is 8.77. The zero-order chi connectivity index (χ0) is 20.8. The third kappa shape index (κ3) is 3.69. The van der Waals surface area contributed by atoms with Crippen molar-refractivity contribution in [3.8, 4) is 23.2 Å². The molecule has 0 saturated carbocycles. The number of hydrogen-bond acceptors (Lipinski definition) is 5. The number of methoxy groups -OCH3 is 1. The molecule has 1 aromatic carbocycles. The Bertz CT molecular complexity index is 1180. The summed E-state index contributed by atoms with van der Waals surface area (Å²) in [5.74, 6) is 0.342. The van der Waals surface area contributed by atoms with Gasteiger partial charge in [-0.25, -0.2) is 9.97 Å². The fourth-order valence-corrected chi connectivity index (χ4v) is 3.19. The molecule has 0 bridgehead atoms. The summed E-state index contributed by atoms with van der Waals surface area (Å²) in [7, 11) is 1.51. The van der Waals surface area contributed by atoms with E-state index in [9.17, 15) is 10.1 Å². The molecule has 0 N–H and O–H groups in total. The maximum Gasteiger partial charge on any atom is 0.224 e. The van der Waals surface area contributed by atoms with Crippen LogP contribution in [0.2, 0.25) is 0 Å². The molecule has 5 heteroatoms. The summed E-state index contributed by atoms with van der Waals surface area (Å²) in [5, 5.41) is 10.6. The van der Waals surface area contributed by atoms with Crippen molar-refractivity contribution in [2.24, 2.45) is 0 Å². The predicted octanol–water partition coefficient (Wildman–Crippen LogP) is 5.14. The number of nitrogens with zero attached hydrogens (tertiary/aromatic N) is 3. The lowest BCUT2D eigenvalue weighted by Crippen LogP contribution is -2.01. The van der Waals surface area contributed by atoms with Gasteiger partial charge in [0.05, 0.1) is 29.3 Å². The molecule has 2 aromatic heterocycles. The SMILES string of the molecule is C=C/C=C(\C=C/C)c1c(-c2ccc(C=O)cc2)nc2ccnc(OC)c2c1C#N. The van der Waals surface area contributed by atoms with E-state index in [1.165, 1.54) is 7.11 Å². The van der Waals surface area contributed by atoms with E-state index < -0.39 is 0 Å². The fourth-order valence-electron chi connectivity index (χ4n) is 3.19. The first-order valence-electron chi connectivity index (χ1n) is 8.96. The van der Waals surface area contributed by atoms with Crippen LogP contribution in [-0.4, -0.2) is 23.4 Å². The van der Waals surface area contributed by atoms with Crippen LogP contribution in [0.15, 0.2) is 67.4 Å². The highest BCUT2D eigenvalue weighted by molar-refractivity contribution is 5.99. The van der Waals surface area contributed by atoms with Gasteiger partial charge in [-0.2, -0.15) is 5.26 Å². The van der Waals surface area contributed by atoms with Crippen LogP contribution in [0, 0.1) is 11.3 Å². The molecule has 3 rings (SSSR count). The Morgan fingerprint density at radius 2 is 2.00 bits per heavy atom. The Labute approximate surface area is 169 Å². The zero-order valence-corrected chi connectivity index (χ0v) is 16.2. The van der Waals surface area contributed by atoms with Gasteiger partial charge in [-0.1, -0.05) is 55.1 Å². The molecule has 29 heavy (non-hydrogen) atoms. The summed E-state index contributed by atoms with van der Waals surface area (Å²) < 4.78 is 5.40. The molecular weight excluding hydrogens is 362 g/mol. The number of ether oxygens (including phenoxy) is 1. The van der Waals surface area contributed by atoms with Gasteiger partial charge in [0, 0.05) is 22.9 Å². The molecule has 0 atom stereocenters. The first-order chi connectivity index (χ1) is 14.2. The lowest BCUT2D eigenvalue weighted by Gasteiger charge is -2.16. The first kappa shape index (κ1) is 19.7. The van der Waals surface area contributed by atoms with Crippen LogP contribution < -0.4 is 4.74 Å². The van der Waals surface area contributed by atoms with Crippen molar-refractivity contribution in [2.45, 2.75) is 6.92 Å². The molecule has 0 fully saturated rings. The molecular formula is C24H19N3O2. The maximum atomic E-state index is 11.0. The van der Waals surface area contributed by atoms with Gasteiger partial charge < -0.3 is 4.74 Å². The lowest BCUT2D eigenvalue weighted by atomic mass is 9.91. The Morgan fingerprint density at radius 3 is 2.59 bits per heavy atom. The molecule has 3 aromatic rings. The maximum absolute atomic E-state index is 11.0. The average Bonchev–Trinajstić information content (AvgIpc) is 2.77. The normalized spacial score (nSPS) is 11.4. The molecule has 0 aliphatic rings. The van der Waals surface area contributed by atoms with Crippen molar-refractivity contribution in [3.05, 3.63) is 84.1 Å². The van der Waals surface area contributed by atoms with Gasteiger partial charge in [-0.3, -0.25) is 4.79 Å². The highest BCUT2D eigenvalue weighted by Crippen LogP contribution is 2.37. The molecule has 0 radical (unpaired) electrons. The van der Waals surface area contributed by atoms with E-state index in [1.807, 2.05) is 37.3 Å². The minimum Gasteiger partial charge on any atom is -0.480 e. The number of hydrogen-bond donors (Lipinski definition) is 0. The Morgan fingerprint density at radius 1 is 1.24 bits per heavy atom. The van der Waals surface area contributed by atoms with E-state index in [0.717, 1.165) is 17.4 Å². The summed E-state index contributed by atoms with van der Waals surface area (Å²) in [6, 6.07) is 11.2. The van der Waals surface area contributed by atoms with E-state index in [0.29, 0.717) is 39.2 Å². The van der Waals surface area contributed by atoms with Gasteiger partial charge in [0.15, 0.2) is 0 Å². The molecule has 0 unspecified atom stereocenters. The second-order valence-electron chi connectivity index (χ2n) is 6.13. The number of rotatable bonds is 6. The summed E-state index contributed by atoms with van der Waals surface area (Å²) in [6.07, 6.45) is 9.67. The number of pyridine rings is 2. The predicted molar refractivity (Wildman–Crippen MR) is 115 cm³/mol. The molecule has 5 nitrogen and oxygen atoms in total.